The molecule has 4 rings (SSSR count). The van der Waals surface area contributed by atoms with Crippen LogP contribution in [0.15, 0.2) is 54.9 Å². The van der Waals surface area contributed by atoms with E-state index in [4.69, 9.17) is 0 Å². The van der Waals surface area contributed by atoms with Crippen molar-refractivity contribution in [1.29, 1.82) is 0 Å². The first-order chi connectivity index (χ1) is 15.5. The van der Waals surface area contributed by atoms with Gasteiger partial charge >= 0.3 is 0 Å². The first kappa shape index (κ1) is 21.7. The van der Waals surface area contributed by atoms with Crippen molar-refractivity contribution in [2.24, 2.45) is 0 Å². The lowest BCUT2D eigenvalue weighted by Crippen LogP contribution is -2.35. The molecule has 2 atom stereocenters. The highest BCUT2D eigenvalue weighted by Crippen LogP contribution is 2.27. The van der Waals surface area contributed by atoms with Crippen LogP contribution in [0.1, 0.15) is 19.4 Å². The van der Waals surface area contributed by atoms with Crippen molar-refractivity contribution in [1.82, 2.24) is 24.6 Å². The number of hydrogen-bond acceptors (Lipinski definition) is 8. The van der Waals surface area contributed by atoms with Crippen LogP contribution in [0.4, 0.5) is 17.6 Å². The minimum Gasteiger partial charge on any atom is -0.394 e. The van der Waals surface area contributed by atoms with Crippen molar-refractivity contribution in [3.63, 3.8) is 0 Å². The first-order valence-electron chi connectivity index (χ1n) is 10.6. The molecule has 0 aliphatic carbocycles. The normalized spacial score (nSPS) is 13.2. The molecule has 3 heterocycles. The molecule has 0 saturated heterocycles. The molecule has 0 amide bonds. The van der Waals surface area contributed by atoms with Gasteiger partial charge in [0, 0.05) is 30.1 Å². The van der Waals surface area contributed by atoms with E-state index in [0.29, 0.717) is 17.5 Å². The highest BCUT2D eigenvalue weighted by Gasteiger charge is 2.20. The number of aromatic nitrogens is 5. The molecule has 0 bridgehead atoms. The molecule has 0 unspecified atom stereocenters. The van der Waals surface area contributed by atoms with Crippen molar-refractivity contribution in [3.8, 4) is 11.3 Å². The van der Waals surface area contributed by atoms with Crippen LogP contribution in [0.3, 0.4) is 0 Å². The van der Waals surface area contributed by atoms with E-state index in [9.17, 15) is 10.2 Å². The second kappa shape index (κ2) is 9.29. The maximum Gasteiger partial charge on any atom is 0.236 e. The van der Waals surface area contributed by atoms with Crippen LogP contribution in [0.25, 0.3) is 16.9 Å². The maximum absolute atomic E-state index is 9.91. The van der Waals surface area contributed by atoms with E-state index in [1.54, 1.807) is 23.8 Å². The van der Waals surface area contributed by atoms with E-state index < -0.39 is 12.1 Å². The van der Waals surface area contributed by atoms with E-state index in [1.807, 2.05) is 61.3 Å². The molecule has 166 valence electrons. The number of nitrogens with zero attached hydrogens (tertiary/aromatic N) is 6. The highest BCUT2D eigenvalue weighted by molar-refractivity contribution is 5.67. The first-order valence-corrected chi connectivity index (χ1v) is 10.6. The van der Waals surface area contributed by atoms with Crippen LogP contribution in [0, 0.1) is 0 Å². The molecular formula is C23H27N7O2. The molecular weight excluding hydrogens is 406 g/mol. The lowest BCUT2D eigenvalue weighted by atomic mass is 10.1. The molecule has 3 N–H and O–H groups in total. The number of aryl methyl sites for hydroxylation is 1. The number of benzene rings is 1. The molecule has 9 nitrogen and oxygen atoms in total. The van der Waals surface area contributed by atoms with Gasteiger partial charge < -0.3 is 20.4 Å². The number of aliphatic hydroxyl groups is 2. The van der Waals surface area contributed by atoms with Gasteiger partial charge in [-0.3, -0.25) is 4.98 Å². The van der Waals surface area contributed by atoms with Gasteiger partial charge in [0.25, 0.3) is 0 Å². The Morgan fingerprint density at radius 2 is 1.91 bits per heavy atom. The predicted octanol–water partition coefficient (Wildman–Crippen LogP) is 2.67. The van der Waals surface area contributed by atoms with Crippen molar-refractivity contribution >= 4 is 23.2 Å². The molecule has 4 aromatic rings. The van der Waals surface area contributed by atoms with Crippen molar-refractivity contribution in [2.45, 2.75) is 32.4 Å². The third-order valence-corrected chi connectivity index (χ3v) is 5.41. The average molecular weight is 434 g/mol. The van der Waals surface area contributed by atoms with Crippen molar-refractivity contribution in [2.75, 3.05) is 23.9 Å². The number of aliphatic hydroxyl groups excluding tert-OH is 2. The van der Waals surface area contributed by atoms with Gasteiger partial charge in [-0.1, -0.05) is 25.1 Å². The van der Waals surface area contributed by atoms with Crippen molar-refractivity contribution in [3.05, 3.63) is 60.4 Å². The number of anilines is 3. The molecule has 0 radical (unpaired) electrons. The minimum atomic E-state index is -0.768. The summed E-state index contributed by atoms with van der Waals surface area (Å²) in [5.74, 6) is 0.879. The Labute approximate surface area is 186 Å². The largest absolute Gasteiger partial charge is 0.394 e. The number of rotatable bonds is 8. The Morgan fingerprint density at radius 1 is 1.12 bits per heavy atom. The van der Waals surface area contributed by atoms with E-state index in [0.717, 1.165) is 28.9 Å². The summed E-state index contributed by atoms with van der Waals surface area (Å²) in [6.45, 7) is 3.41. The van der Waals surface area contributed by atoms with Gasteiger partial charge in [-0.2, -0.15) is 19.6 Å². The van der Waals surface area contributed by atoms with E-state index >= 15 is 0 Å². The standard InChI is InChI=1S/C23H27N7O2/c1-4-16-13-25-30-21(16)27-22(26-20(14-31)15(2)32)28-23(30)29(3)18-10-8-17(9-11-18)19-7-5-6-12-24-19/h5-13,15,20,31-32H,4,14H2,1-3H3,(H,26,27)/t15-,20+/m1/s1. The molecule has 0 spiro atoms. The zero-order chi connectivity index (χ0) is 22.7. The molecule has 0 aliphatic heterocycles. The summed E-state index contributed by atoms with van der Waals surface area (Å²) in [7, 11) is 1.91. The maximum atomic E-state index is 9.91. The minimum absolute atomic E-state index is 0.244. The molecule has 0 fully saturated rings. The Hall–Kier alpha value is -3.56. The zero-order valence-corrected chi connectivity index (χ0v) is 18.3. The average Bonchev–Trinajstić information content (AvgIpc) is 3.25. The van der Waals surface area contributed by atoms with Gasteiger partial charge in [0.05, 0.1) is 30.6 Å². The van der Waals surface area contributed by atoms with Crippen LogP contribution in [0.5, 0.6) is 0 Å². The Bertz CT molecular complexity index is 1180. The summed E-state index contributed by atoms with van der Waals surface area (Å²) in [6, 6.07) is 13.3. The zero-order valence-electron chi connectivity index (χ0n) is 18.3. The van der Waals surface area contributed by atoms with Gasteiger partial charge in [-0.05, 0) is 37.6 Å². The van der Waals surface area contributed by atoms with Gasteiger partial charge in [-0.15, -0.1) is 0 Å². The number of pyridine rings is 1. The summed E-state index contributed by atoms with van der Waals surface area (Å²) in [4.78, 5) is 15.6. The molecule has 0 aliphatic rings. The van der Waals surface area contributed by atoms with Crippen LogP contribution in [-0.2, 0) is 6.42 Å². The van der Waals surface area contributed by atoms with Crippen LogP contribution < -0.4 is 10.2 Å². The molecule has 1 aromatic carbocycles. The predicted molar refractivity (Wildman–Crippen MR) is 124 cm³/mol. The highest BCUT2D eigenvalue weighted by atomic mass is 16.3. The van der Waals surface area contributed by atoms with Gasteiger partial charge in [0.15, 0.2) is 5.65 Å². The fourth-order valence-electron chi connectivity index (χ4n) is 3.43. The van der Waals surface area contributed by atoms with E-state index in [1.165, 1.54) is 0 Å². The summed E-state index contributed by atoms with van der Waals surface area (Å²) >= 11 is 0. The quantitative estimate of drug-likeness (QED) is 0.389. The Kier molecular flexibility index (Phi) is 6.29. The number of hydrogen-bond donors (Lipinski definition) is 3. The van der Waals surface area contributed by atoms with Crippen LogP contribution in [-0.4, -0.2) is 60.6 Å². The fraction of sp³-hybridized carbons (Fsp3) is 0.304. The summed E-state index contributed by atoms with van der Waals surface area (Å²) < 4.78 is 1.70. The molecule has 0 saturated carbocycles. The van der Waals surface area contributed by atoms with E-state index in [2.05, 4.69) is 25.4 Å². The van der Waals surface area contributed by atoms with E-state index in [-0.39, 0.29) is 6.61 Å². The Morgan fingerprint density at radius 3 is 2.53 bits per heavy atom. The fourth-order valence-corrected chi connectivity index (χ4v) is 3.43. The van der Waals surface area contributed by atoms with Crippen molar-refractivity contribution < 1.29 is 10.2 Å². The van der Waals surface area contributed by atoms with Gasteiger partial charge in [0.2, 0.25) is 11.9 Å². The second-order valence-corrected chi connectivity index (χ2v) is 7.60. The number of fused-ring (bicyclic) bond motifs is 1. The summed E-state index contributed by atoms with van der Waals surface area (Å²) in [5.41, 5.74) is 4.50. The molecule has 32 heavy (non-hydrogen) atoms. The third kappa shape index (κ3) is 4.25. The smallest absolute Gasteiger partial charge is 0.236 e. The molecule has 3 aromatic heterocycles. The SMILES string of the molecule is CCc1cnn2c(N(C)c3ccc(-c4ccccn4)cc3)nc(N[C@@H](CO)[C@@H](C)O)nc12. The Balaban J connectivity index is 1.72. The van der Waals surface area contributed by atoms with Crippen LogP contribution >= 0.6 is 0 Å². The summed E-state index contributed by atoms with van der Waals surface area (Å²) in [6.07, 6.45) is 3.56. The van der Waals surface area contributed by atoms with Gasteiger partial charge in [0.1, 0.15) is 0 Å². The lowest BCUT2D eigenvalue weighted by Gasteiger charge is -2.22. The topological polar surface area (TPSA) is 112 Å². The second-order valence-electron chi connectivity index (χ2n) is 7.60. The monoisotopic (exact) mass is 433 g/mol. The lowest BCUT2D eigenvalue weighted by molar-refractivity contribution is 0.132. The number of nitrogens with one attached hydrogen (secondary N) is 1. The summed E-state index contributed by atoms with van der Waals surface area (Å²) in [5, 5.41) is 27.0. The molecule has 9 heteroatoms. The van der Waals surface area contributed by atoms with Crippen LogP contribution in [0.2, 0.25) is 0 Å². The third-order valence-electron chi connectivity index (χ3n) is 5.41. The van der Waals surface area contributed by atoms with Gasteiger partial charge in [-0.25, -0.2) is 0 Å².